The summed E-state index contributed by atoms with van der Waals surface area (Å²) in [6.45, 7) is 0. The third-order valence-corrected chi connectivity index (χ3v) is 4.91. The number of amides is 1. The minimum absolute atomic E-state index is 0.0792. The molecule has 4 aromatic rings. The first-order valence-corrected chi connectivity index (χ1v) is 9.81. The van der Waals surface area contributed by atoms with Crippen molar-refractivity contribution >= 4 is 63.0 Å². The minimum Gasteiger partial charge on any atom is -0.332 e. The van der Waals surface area contributed by atoms with Gasteiger partial charge >= 0.3 is 5.69 Å². The predicted molar refractivity (Wildman–Crippen MR) is 121 cm³/mol. The first-order valence-electron chi connectivity index (χ1n) is 9.05. The number of carbonyl (C=O) groups is 1. The highest BCUT2D eigenvalue weighted by atomic mass is 35.5. The van der Waals surface area contributed by atoms with Gasteiger partial charge < -0.3 is 5.32 Å². The van der Waals surface area contributed by atoms with Gasteiger partial charge in [-0.2, -0.15) is 0 Å². The van der Waals surface area contributed by atoms with Crippen LogP contribution in [0.15, 0.2) is 61.1 Å². The highest BCUT2D eigenvalue weighted by molar-refractivity contribution is 6.36. The normalized spacial score (nSPS) is 10.6. The second-order valence-corrected chi connectivity index (χ2v) is 7.23. The fourth-order valence-corrected chi connectivity index (χ4v) is 3.42. The Bertz CT molecular complexity index is 1340. The number of hydrogen-bond donors (Lipinski definition) is 3. The number of hydrogen-bond acceptors (Lipinski definition) is 8. The number of anilines is 3. The lowest BCUT2D eigenvalue weighted by molar-refractivity contribution is -0.383. The topological polar surface area (TPSA) is 135 Å². The molecule has 0 bridgehead atoms. The number of rotatable bonds is 6. The summed E-state index contributed by atoms with van der Waals surface area (Å²) in [7, 11) is 0. The number of carbonyl (C=O) groups excluding carboxylic acids is 1. The van der Waals surface area contributed by atoms with Crippen LogP contribution in [0.2, 0.25) is 10.0 Å². The molecule has 32 heavy (non-hydrogen) atoms. The smallest absolute Gasteiger partial charge is 0.332 e. The third kappa shape index (κ3) is 4.36. The van der Waals surface area contributed by atoms with Crippen molar-refractivity contribution in [2.45, 2.75) is 0 Å². The Balaban J connectivity index is 1.62. The number of benzene rings is 2. The molecule has 0 saturated heterocycles. The van der Waals surface area contributed by atoms with E-state index in [1.165, 1.54) is 18.2 Å². The molecular formula is C20H13Cl2N7O3. The summed E-state index contributed by atoms with van der Waals surface area (Å²) >= 11 is 11.9. The van der Waals surface area contributed by atoms with Gasteiger partial charge in [-0.1, -0.05) is 41.4 Å². The van der Waals surface area contributed by atoms with Crippen molar-refractivity contribution in [1.29, 1.82) is 0 Å². The fourth-order valence-electron chi connectivity index (χ4n) is 2.92. The zero-order chi connectivity index (χ0) is 22.7. The van der Waals surface area contributed by atoms with Crippen LogP contribution in [0.3, 0.4) is 0 Å². The number of halogens is 2. The van der Waals surface area contributed by atoms with Crippen molar-refractivity contribution in [1.82, 2.24) is 20.4 Å². The molecule has 0 radical (unpaired) electrons. The van der Waals surface area contributed by atoms with E-state index in [0.29, 0.717) is 16.2 Å². The van der Waals surface area contributed by atoms with E-state index < -0.39 is 16.5 Å². The first-order chi connectivity index (χ1) is 15.4. The van der Waals surface area contributed by atoms with E-state index in [2.05, 4.69) is 31.1 Å². The van der Waals surface area contributed by atoms with Crippen LogP contribution in [0.5, 0.6) is 0 Å². The molecule has 10 nitrogen and oxygen atoms in total. The molecule has 0 aliphatic carbocycles. The van der Waals surface area contributed by atoms with Crippen molar-refractivity contribution in [2.75, 3.05) is 10.7 Å². The number of fused-ring (bicyclic) bond motifs is 1. The Morgan fingerprint density at radius 1 is 1.00 bits per heavy atom. The van der Waals surface area contributed by atoms with Gasteiger partial charge in [0.2, 0.25) is 11.6 Å². The summed E-state index contributed by atoms with van der Waals surface area (Å²) in [6.07, 6.45) is 2.74. The fraction of sp³-hybridized carbons (Fsp3) is 0. The van der Waals surface area contributed by atoms with Crippen molar-refractivity contribution in [3.63, 3.8) is 0 Å². The van der Waals surface area contributed by atoms with Crippen LogP contribution in [-0.4, -0.2) is 25.8 Å². The average molecular weight is 470 g/mol. The molecule has 0 atom stereocenters. The summed E-state index contributed by atoms with van der Waals surface area (Å²) in [5.74, 6) is -0.934. The Hall–Kier alpha value is -4.02. The molecule has 0 aliphatic rings. The second-order valence-electron chi connectivity index (χ2n) is 6.39. The van der Waals surface area contributed by atoms with E-state index in [-0.39, 0.29) is 22.2 Å². The number of para-hydroxylation sites is 1. The maximum Gasteiger partial charge on any atom is 0.355 e. The van der Waals surface area contributed by atoms with Gasteiger partial charge in [-0.3, -0.25) is 30.7 Å². The number of aromatic nitrogens is 3. The molecule has 3 N–H and O–H groups in total. The van der Waals surface area contributed by atoms with Crippen molar-refractivity contribution in [3.05, 3.63) is 86.8 Å². The molecule has 2 heterocycles. The van der Waals surface area contributed by atoms with Crippen LogP contribution in [0.4, 0.5) is 23.0 Å². The number of hydrazine groups is 1. The van der Waals surface area contributed by atoms with Gasteiger partial charge in [-0.15, -0.1) is 0 Å². The van der Waals surface area contributed by atoms with Crippen molar-refractivity contribution < 1.29 is 9.72 Å². The summed E-state index contributed by atoms with van der Waals surface area (Å²) in [5, 5.41) is 16.0. The number of nitrogens with one attached hydrogen (secondary N) is 3. The summed E-state index contributed by atoms with van der Waals surface area (Å²) < 4.78 is 0. The van der Waals surface area contributed by atoms with Gasteiger partial charge in [0.1, 0.15) is 6.33 Å². The van der Waals surface area contributed by atoms with Crippen LogP contribution >= 0.6 is 23.2 Å². The molecule has 160 valence electrons. The molecule has 2 aromatic carbocycles. The van der Waals surface area contributed by atoms with E-state index in [1.54, 1.807) is 24.4 Å². The largest absolute Gasteiger partial charge is 0.355 e. The van der Waals surface area contributed by atoms with E-state index in [4.69, 9.17) is 23.2 Å². The molecule has 0 spiro atoms. The lowest BCUT2D eigenvalue weighted by Gasteiger charge is -2.12. The van der Waals surface area contributed by atoms with E-state index in [9.17, 15) is 14.9 Å². The Labute approximate surface area is 190 Å². The van der Waals surface area contributed by atoms with E-state index >= 15 is 0 Å². The number of nitrogens with zero attached hydrogens (tertiary/aromatic N) is 4. The summed E-state index contributed by atoms with van der Waals surface area (Å²) in [6, 6.07) is 13.4. The molecule has 0 saturated carbocycles. The second kappa shape index (κ2) is 9.00. The molecule has 0 aliphatic heterocycles. The van der Waals surface area contributed by atoms with Gasteiger partial charge in [0, 0.05) is 16.6 Å². The quantitative estimate of drug-likeness (QED) is 0.272. The standard InChI is InChI=1S/C20H13Cl2N7O3/c21-12-6-7-13(14(22)9-12)20(30)28-27-19-17(29(31)32)18(24-10-25-19)26-15-5-1-3-11-4-2-8-23-16(11)15/h1-10H,(H,28,30)(H2,24,25,26,27). The Morgan fingerprint density at radius 3 is 2.56 bits per heavy atom. The van der Waals surface area contributed by atoms with Gasteiger partial charge in [-0.05, 0) is 30.3 Å². The SMILES string of the molecule is O=C(NNc1ncnc(Nc2cccc3cccnc23)c1[N+](=O)[O-])c1ccc(Cl)cc1Cl. The maximum atomic E-state index is 12.4. The molecular weight excluding hydrogens is 457 g/mol. The van der Waals surface area contributed by atoms with Crippen LogP contribution in [0.1, 0.15) is 10.4 Å². The monoisotopic (exact) mass is 469 g/mol. The van der Waals surface area contributed by atoms with Crippen LogP contribution in [0.25, 0.3) is 10.9 Å². The molecule has 1 amide bonds. The highest BCUT2D eigenvalue weighted by Gasteiger charge is 2.24. The lowest BCUT2D eigenvalue weighted by Crippen LogP contribution is -2.30. The van der Waals surface area contributed by atoms with Crippen LogP contribution < -0.4 is 16.2 Å². The van der Waals surface area contributed by atoms with Gasteiger partial charge in [-0.25, -0.2) is 9.97 Å². The minimum atomic E-state index is -0.662. The van der Waals surface area contributed by atoms with Gasteiger partial charge in [0.05, 0.1) is 26.7 Å². The zero-order valence-corrected chi connectivity index (χ0v) is 17.6. The number of nitro groups is 1. The van der Waals surface area contributed by atoms with Gasteiger partial charge in [0.25, 0.3) is 5.91 Å². The van der Waals surface area contributed by atoms with E-state index in [1.807, 2.05) is 12.1 Å². The predicted octanol–water partition coefficient (Wildman–Crippen LogP) is 4.74. The molecule has 0 unspecified atom stereocenters. The van der Waals surface area contributed by atoms with Crippen molar-refractivity contribution in [2.24, 2.45) is 0 Å². The third-order valence-electron chi connectivity index (χ3n) is 4.36. The summed E-state index contributed by atoms with van der Waals surface area (Å²) in [5.41, 5.74) is 5.59. The lowest BCUT2D eigenvalue weighted by atomic mass is 10.2. The average Bonchev–Trinajstić information content (AvgIpc) is 2.77. The zero-order valence-electron chi connectivity index (χ0n) is 16.0. The van der Waals surface area contributed by atoms with Crippen LogP contribution in [0, 0.1) is 10.1 Å². The van der Waals surface area contributed by atoms with Crippen molar-refractivity contribution in [3.8, 4) is 0 Å². The highest BCUT2D eigenvalue weighted by Crippen LogP contribution is 2.32. The molecule has 0 fully saturated rings. The molecule has 2 aromatic heterocycles. The summed E-state index contributed by atoms with van der Waals surface area (Å²) in [4.78, 5) is 35.7. The van der Waals surface area contributed by atoms with Crippen LogP contribution in [-0.2, 0) is 0 Å². The molecule has 4 rings (SSSR count). The van der Waals surface area contributed by atoms with E-state index in [0.717, 1.165) is 11.7 Å². The first kappa shape index (κ1) is 21.2. The number of pyridine rings is 1. The Kier molecular flexibility index (Phi) is 5.97. The van der Waals surface area contributed by atoms with Gasteiger partial charge in [0.15, 0.2) is 0 Å². The Morgan fingerprint density at radius 2 is 1.78 bits per heavy atom. The molecule has 12 heteroatoms. The maximum absolute atomic E-state index is 12.4.